The normalized spacial score (nSPS) is 10.4. The minimum absolute atomic E-state index is 0.0443. The fraction of sp³-hybridized carbons (Fsp3) is 0.214. The smallest absolute Gasteiger partial charge is 0.272 e. The summed E-state index contributed by atoms with van der Waals surface area (Å²) in [4.78, 5) is 23.3. The molecule has 23 heavy (non-hydrogen) atoms. The van der Waals surface area contributed by atoms with E-state index in [4.69, 9.17) is 0 Å². The number of nitrogens with zero attached hydrogens (tertiary/aromatic N) is 2. The summed E-state index contributed by atoms with van der Waals surface area (Å²) in [5, 5.41) is 3.89. The molecule has 0 unspecified atom stereocenters. The number of hydrogen-bond donors (Lipinski definition) is 2. The molecule has 0 atom stereocenters. The SMILES string of the molecule is CSCC(=O)NNC(=O)c1nn(-c2c(F)cccc2F)cc1C. The lowest BCUT2D eigenvalue weighted by molar-refractivity contribution is -0.119. The zero-order valence-corrected chi connectivity index (χ0v) is 13.2. The van der Waals surface area contributed by atoms with E-state index in [-0.39, 0.29) is 23.0 Å². The van der Waals surface area contributed by atoms with Crippen molar-refractivity contribution < 1.29 is 18.4 Å². The number of amides is 2. The van der Waals surface area contributed by atoms with Crippen molar-refractivity contribution in [3.8, 4) is 5.69 Å². The molecule has 122 valence electrons. The lowest BCUT2D eigenvalue weighted by Gasteiger charge is -2.06. The molecule has 1 aromatic carbocycles. The summed E-state index contributed by atoms with van der Waals surface area (Å²) in [7, 11) is 0. The number of rotatable bonds is 4. The van der Waals surface area contributed by atoms with Crippen LogP contribution in [0.1, 0.15) is 16.1 Å². The predicted octanol–water partition coefficient (Wildman–Crippen LogP) is 1.58. The largest absolute Gasteiger partial charge is 0.290 e. The molecular weight excluding hydrogens is 326 g/mol. The Balaban J connectivity index is 2.21. The Bertz CT molecular complexity index is 728. The highest BCUT2D eigenvalue weighted by atomic mass is 32.2. The van der Waals surface area contributed by atoms with Crippen molar-refractivity contribution in [2.45, 2.75) is 6.92 Å². The molecule has 2 rings (SSSR count). The van der Waals surface area contributed by atoms with Crippen LogP contribution in [0, 0.1) is 18.6 Å². The van der Waals surface area contributed by atoms with E-state index in [0.717, 1.165) is 16.8 Å². The number of aryl methyl sites for hydroxylation is 1. The van der Waals surface area contributed by atoms with Crippen LogP contribution in [0.15, 0.2) is 24.4 Å². The minimum Gasteiger partial charge on any atom is -0.272 e. The molecule has 0 bridgehead atoms. The number of benzene rings is 1. The number of carbonyl (C=O) groups excluding carboxylic acids is 2. The van der Waals surface area contributed by atoms with E-state index in [1.165, 1.54) is 24.0 Å². The van der Waals surface area contributed by atoms with Crippen molar-refractivity contribution in [1.29, 1.82) is 0 Å². The summed E-state index contributed by atoms with van der Waals surface area (Å²) < 4.78 is 28.5. The predicted molar refractivity (Wildman–Crippen MR) is 82.2 cm³/mol. The maximum Gasteiger partial charge on any atom is 0.290 e. The van der Waals surface area contributed by atoms with Gasteiger partial charge in [-0.1, -0.05) is 6.07 Å². The summed E-state index contributed by atoms with van der Waals surface area (Å²) in [5.74, 6) is -2.45. The second kappa shape index (κ2) is 7.23. The number of nitrogens with one attached hydrogen (secondary N) is 2. The van der Waals surface area contributed by atoms with Crippen molar-refractivity contribution in [1.82, 2.24) is 20.6 Å². The van der Waals surface area contributed by atoms with Crippen molar-refractivity contribution in [3.63, 3.8) is 0 Å². The molecule has 6 nitrogen and oxygen atoms in total. The van der Waals surface area contributed by atoms with Gasteiger partial charge in [-0.05, 0) is 25.3 Å². The van der Waals surface area contributed by atoms with E-state index in [1.54, 1.807) is 13.2 Å². The number of halogens is 2. The Labute approximate surface area is 135 Å². The first-order chi connectivity index (χ1) is 10.9. The average molecular weight is 340 g/mol. The van der Waals surface area contributed by atoms with Gasteiger partial charge >= 0.3 is 0 Å². The van der Waals surface area contributed by atoms with Gasteiger partial charge < -0.3 is 0 Å². The van der Waals surface area contributed by atoms with Gasteiger partial charge in [0.2, 0.25) is 5.91 Å². The van der Waals surface area contributed by atoms with Gasteiger partial charge in [-0.3, -0.25) is 20.4 Å². The molecule has 0 saturated carbocycles. The fourth-order valence-electron chi connectivity index (χ4n) is 1.86. The Hall–Kier alpha value is -2.42. The second-order valence-electron chi connectivity index (χ2n) is 4.61. The third kappa shape index (κ3) is 3.86. The molecule has 0 radical (unpaired) electrons. The minimum atomic E-state index is -0.798. The van der Waals surface area contributed by atoms with Crippen molar-refractivity contribution >= 4 is 23.6 Å². The van der Waals surface area contributed by atoms with E-state index >= 15 is 0 Å². The Morgan fingerprint density at radius 3 is 2.52 bits per heavy atom. The highest BCUT2D eigenvalue weighted by Gasteiger charge is 2.18. The van der Waals surface area contributed by atoms with E-state index in [2.05, 4.69) is 16.0 Å². The van der Waals surface area contributed by atoms with Crippen molar-refractivity contribution in [2.24, 2.45) is 0 Å². The molecule has 0 aliphatic carbocycles. The van der Waals surface area contributed by atoms with Gasteiger partial charge in [-0.25, -0.2) is 13.5 Å². The second-order valence-corrected chi connectivity index (χ2v) is 5.48. The van der Waals surface area contributed by atoms with Gasteiger partial charge in [-0.2, -0.15) is 16.9 Å². The van der Waals surface area contributed by atoms with Gasteiger partial charge in [0.05, 0.1) is 5.75 Å². The van der Waals surface area contributed by atoms with Crippen LogP contribution < -0.4 is 10.9 Å². The summed E-state index contributed by atoms with van der Waals surface area (Å²) in [6.45, 7) is 1.57. The summed E-state index contributed by atoms with van der Waals surface area (Å²) in [6, 6.07) is 3.43. The van der Waals surface area contributed by atoms with Crippen LogP contribution in [0.25, 0.3) is 5.69 Å². The third-order valence-electron chi connectivity index (χ3n) is 2.87. The molecule has 0 spiro atoms. The molecule has 0 aliphatic rings. The molecule has 0 aliphatic heterocycles. The molecule has 9 heteroatoms. The first kappa shape index (κ1) is 16.9. The molecule has 2 amide bonds. The maximum absolute atomic E-state index is 13.8. The Morgan fingerprint density at radius 1 is 1.26 bits per heavy atom. The van der Waals surface area contributed by atoms with Crippen LogP contribution in [-0.4, -0.2) is 33.6 Å². The number of thioether (sulfide) groups is 1. The van der Waals surface area contributed by atoms with Crippen LogP contribution in [0.3, 0.4) is 0 Å². The van der Waals surface area contributed by atoms with Crippen molar-refractivity contribution in [3.05, 3.63) is 47.3 Å². The van der Waals surface area contributed by atoms with E-state index in [9.17, 15) is 18.4 Å². The van der Waals surface area contributed by atoms with Crippen LogP contribution in [0.4, 0.5) is 8.78 Å². The van der Waals surface area contributed by atoms with E-state index in [0.29, 0.717) is 5.56 Å². The number of hydrogen-bond acceptors (Lipinski definition) is 4. The van der Waals surface area contributed by atoms with Crippen LogP contribution in [0.5, 0.6) is 0 Å². The first-order valence-electron chi connectivity index (χ1n) is 6.52. The summed E-state index contributed by atoms with van der Waals surface area (Å²) in [6.07, 6.45) is 3.08. The lowest BCUT2D eigenvalue weighted by Crippen LogP contribution is -2.42. The molecule has 1 aromatic heterocycles. The highest BCUT2D eigenvalue weighted by Crippen LogP contribution is 2.18. The standard InChI is InChI=1S/C14H14F2N4O2S/c1-8-6-20(13-9(15)4-3-5-10(13)16)19-12(8)14(22)18-17-11(21)7-23-2/h3-6H,7H2,1-2H3,(H,17,21)(H,18,22). The molecule has 2 aromatic rings. The van der Waals surface area contributed by atoms with Crippen LogP contribution >= 0.6 is 11.8 Å². The summed E-state index contributed by atoms with van der Waals surface area (Å²) in [5.41, 5.74) is 4.42. The zero-order chi connectivity index (χ0) is 17.0. The highest BCUT2D eigenvalue weighted by molar-refractivity contribution is 7.99. The van der Waals surface area contributed by atoms with Gasteiger partial charge in [0, 0.05) is 11.8 Å². The average Bonchev–Trinajstić information content (AvgIpc) is 2.86. The third-order valence-corrected chi connectivity index (χ3v) is 3.42. The fourth-order valence-corrected chi connectivity index (χ4v) is 2.19. The van der Waals surface area contributed by atoms with E-state index < -0.39 is 17.5 Å². The topological polar surface area (TPSA) is 76.0 Å². The molecular formula is C14H14F2N4O2S. The Morgan fingerprint density at radius 2 is 1.91 bits per heavy atom. The molecule has 2 N–H and O–H groups in total. The monoisotopic (exact) mass is 340 g/mol. The maximum atomic E-state index is 13.8. The molecule has 0 fully saturated rings. The van der Waals surface area contributed by atoms with Crippen LogP contribution in [-0.2, 0) is 4.79 Å². The number of carbonyl (C=O) groups is 2. The quantitative estimate of drug-likeness (QED) is 0.829. The number of aromatic nitrogens is 2. The van der Waals surface area contributed by atoms with E-state index in [1.807, 2.05) is 0 Å². The van der Waals surface area contributed by atoms with Gasteiger partial charge in [-0.15, -0.1) is 0 Å². The Kier molecular flexibility index (Phi) is 5.32. The molecule has 1 heterocycles. The van der Waals surface area contributed by atoms with Crippen molar-refractivity contribution in [2.75, 3.05) is 12.0 Å². The number of hydrazine groups is 1. The summed E-state index contributed by atoms with van der Waals surface area (Å²) >= 11 is 1.30. The first-order valence-corrected chi connectivity index (χ1v) is 7.92. The zero-order valence-electron chi connectivity index (χ0n) is 12.4. The molecule has 0 saturated heterocycles. The van der Waals surface area contributed by atoms with Gasteiger partial charge in [0.15, 0.2) is 17.3 Å². The van der Waals surface area contributed by atoms with Gasteiger partial charge in [0.1, 0.15) is 5.69 Å². The van der Waals surface area contributed by atoms with Gasteiger partial charge in [0.25, 0.3) is 5.91 Å². The number of para-hydroxylation sites is 1. The van der Waals surface area contributed by atoms with Crippen LogP contribution in [0.2, 0.25) is 0 Å². The lowest BCUT2D eigenvalue weighted by atomic mass is 10.2.